The molecule has 4 nitrogen and oxygen atoms in total. The molecule has 1 N–H and O–H groups in total. The molecule has 1 aromatic carbocycles. The van der Waals surface area contributed by atoms with E-state index in [0.29, 0.717) is 11.1 Å². The van der Waals surface area contributed by atoms with Gasteiger partial charge in [0, 0.05) is 30.6 Å². The third-order valence-corrected chi connectivity index (χ3v) is 4.49. The first-order valence-electron chi connectivity index (χ1n) is 7.84. The monoisotopic (exact) mass is 344 g/mol. The zero-order chi connectivity index (χ0) is 17.4. The van der Waals surface area contributed by atoms with Crippen LogP contribution in [0, 0.1) is 17.1 Å². The SMILES string of the molecule is CCNC(=NCc1ccc(C#N)cc1F)N(C)CCc1cccs1. The maximum atomic E-state index is 14.0. The molecule has 0 atom stereocenters. The Hall–Kier alpha value is -2.39. The molecule has 6 heteroatoms. The molecule has 0 aliphatic carbocycles. The summed E-state index contributed by atoms with van der Waals surface area (Å²) >= 11 is 1.74. The van der Waals surface area contributed by atoms with E-state index in [9.17, 15) is 4.39 Å². The Bertz CT molecular complexity index is 719. The van der Waals surface area contributed by atoms with E-state index in [1.807, 2.05) is 31.0 Å². The van der Waals surface area contributed by atoms with Crippen LogP contribution in [-0.4, -0.2) is 31.0 Å². The predicted octanol–water partition coefficient (Wildman–Crippen LogP) is 3.40. The van der Waals surface area contributed by atoms with Crippen molar-refractivity contribution >= 4 is 17.3 Å². The number of hydrogen-bond acceptors (Lipinski definition) is 3. The Kier molecular flexibility index (Phi) is 6.76. The molecule has 0 aliphatic rings. The number of likely N-dealkylation sites (N-methyl/N-ethyl adjacent to an activating group) is 1. The summed E-state index contributed by atoms with van der Waals surface area (Å²) in [6.45, 7) is 3.83. The number of nitrogens with one attached hydrogen (secondary N) is 1. The van der Waals surface area contributed by atoms with Crippen LogP contribution >= 0.6 is 11.3 Å². The average Bonchev–Trinajstić information content (AvgIpc) is 3.10. The van der Waals surface area contributed by atoms with Crippen LogP contribution in [0.25, 0.3) is 0 Å². The largest absolute Gasteiger partial charge is 0.357 e. The highest BCUT2D eigenvalue weighted by Gasteiger charge is 2.08. The van der Waals surface area contributed by atoms with Crippen LogP contribution in [0.4, 0.5) is 4.39 Å². The molecule has 2 aromatic rings. The molecule has 0 fully saturated rings. The molecule has 126 valence electrons. The highest BCUT2D eigenvalue weighted by molar-refractivity contribution is 7.09. The lowest BCUT2D eigenvalue weighted by Crippen LogP contribution is -2.39. The third-order valence-electron chi connectivity index (χ3n) is 3.55. The Morgan fingerprint density at radius 2 is 2.25 bits per heavy atom. The zero-order valence-electron chi connectivity index (χ0n) is 13.9. The van der Waals surface area contributed by atoms with Gasteiger partial charge in [0.15, 0.2) is 5.96 Å². The minimum atomic E-state index is -0.394. The first kappa shape index (κ1) is 18.0. The summed E-state index contributed by atoms with van der Waals surface area (Å²) in [5, 5.41) is 14.1. The fourth-order valence-corrected chi connectivity index (χ4v) is 2.91. The molecular formula is C18H21FN4S. The molecule has 0 saturated heterocycles. The molecule has 1 heterocycles. The Labute approximate surface area is 146 Å². The van der Waals surface area contributed by atoms with Gasteiger partial charge in [0.1, 0.15) is 5.82 Å². The van der Waals surface area contributed by atoms with Crippen molar-refractivity contribution in [3.05, 3.63) is 57.5 Å². The van der Waals surface area contributed by atoms with Gasteiger partial charge in [-0.2, -0.15) is 5.26 Å². The molecule has 0 spiro atoms. The Morgan fingerprint density at radius 1 is 1.42 bits per heavy atom. The molecular weight excluding hydrogens is 323 g/mol. The predicted molar refractivity (Wildman–Crippen MR) is 96.6 cm³/mol. The van der Waals surface area contributed by atoms with Crippen molar-refractivity contribution in [3.8, 4) is 6.07 Å². The Balaban J connectivity index is 2.02. The summed E-state index contributed by atoms with van der Waals surface area (Å²) < 4.78 is 14.0. The summed E-state index contributed by atoms with van der Waals surface area (Å²) in [6, 6.07) is 10.6. The number of hydrogen-bond donors (Lipinski definition) is 1. The lowest BCUT2D eigenvalue weighted by atomic mass is 10.1. The van der Waals surface area contributed by atoms with Crippen molar-refractivity contribution in [1.29, 1.82) is 5.26 Å². The van der Waals surface area contributed by atoms with Crippen molar-refractivity contribution in [2.45, 2.75) is 19.9 Å². The maximum Gasteiger partial charge on any atom is 0.193 e. The van der Waals surface area contributed by atoms with Crippen LogP contribution in [0.1, 0.15) is 22.9 Å². The third kappa shape index (κ3) is 5.07. The van der Waals surface area contributed by atoms with E-state index in [1.54, 1.807) is 23.5 Å². The maximum absolute atomic E-state index is 14.0. The Morgan fingerprint density at radius 3 is 2.88 bits per heavy atom. The van der Waals surface area contributed by atoms with Crippen molar-refractivity contribution in [1.82, 2.24) is 10.2 Å². The molecule has 0 unspecified atom stereocenters. The van der Waals surface area contributed by atoms with Crippen LogP contribution in [0.5, 0.6) is 0 Å². The highest BCUT2D eigenvalue weighted by Crippen LogP contribution is 2.12. The minimum Gasteiger partial charge on any atom is -0.357 e. The number of benzene rings is 1. The van der Waals surface area contributed by atoms with Gasteiger partial charge >= 0.3 is 0 Å². The van der Waals surface area contributed by atoms with Crippen molar-refractivity contribution < 1.29 is 4.39 Å². The summed E-state index contributed by atoms with van der Waals surface area (Å²) in [7, 11) is 1.98. The summed E-state index contributed by atoms with van der Waals surface area (Å²) in [5.74, 6) is 0.354. The van der Waals surface area contributed by atoms with Gasteiger partial charge in [-0.1, -0.05) is 12.1 Å². The van der Waals surface area contributed by atoms with Crippen LogP contribution in [0.3, 0.4) is 0 Å². The van der Waals surface area contributed by atoms with Crippen molar-refractivity contribution in [2.24, 2.45) is 4.99 Å². The van der Waals surface area contributed by atoms with Crippen molar-refractivity contribution in [2.75, 3.05) is 20.1 Å². The molecule has 2 rings (SSSR count). The van der Waals surface area contributed by atoms with Crippen LogP contribution in [-0.2, 0) is 13.0 Å². The molecule has 1 aromatic heterocycles. The second kappa shape index (κ2) is 9.04. The minimum absolute atomic E-state index is 0.239. The number of thiophene rings is 1. The standard InChI is InChI=1S/C18H21FN4S/c1-3-21-18(23(2)9-8-16-5-4-10-24-16)22-13-15-7-6-14(12-20)11-17(15)19/h4-7,10-11H,3,8-9,13H2,1-2H3,(H,21,22). The molecule has 0 amide bonds. The van der Waals surface area contributed by atoms with Gasteiger partial charge in [-0.3, -0.25) is 0 Å². The van der Waals surface area contributed by atoms with E-state index in [2.05, 4.69) is 21.8 Å². The summed E-state index contributed by atoms with van der Waals surface area (Å²) in [6.07, 6.45) is 0.948. The molecule has 0 saturated carbocycles. The van der Waals surface area contributed by atoms with Crippen molar-refractivity contribution in [3.63, 3.8) is 0 Å². The van der Waals surface area contributed by atoms with E-state index in [-0.39, 0.29) is 6.54 Å². The molecule has 24 heavy (non-hydrogen) atoms. The number of nitrogens with zero attached hydrogens (tertiary/aromatic N) is 3. The fraction of sp³-hybridized carbons (Fsp3) is 0.333. The van der Waals surface area contributed by atoms with Gasteiger partial charge in [-0.25, -0.2) is 9.38 Å². The molecule has 0 aliphatic heterocycles. The fourth-order valence-electron chi connectivity index (χ4n) is 2.21. The van der Waals surface area contributed by atoms with Crippen LogP contribution < -0.4 is 5.32 Å². The van der Waals surface area contributed by atoms with E-state index in [4.69, 9.17) is 5.26 Å². The highest BCUT2D eigenvalue weighted by atomic mass is 32.1. The summed E-state index contributed by atoms with van der Waals surface area (Å²) in [4.78, 5) is 7.89. The molecule has 0 bridgehead atoms. The molecule has 0 radical (unpaired) electrons. The van der Waals surface area contributed by atoms with Crippen LogP contribution in [0.15, 0.2) is 40.7 Å². The number of nitriles is 1. The number of aliphatic imine (C=N–C) groups is 1. The van der Waals surface area contributed by atoms with Gasteiger partial charge in [-0.05, 0) is 36.9 Å². The van der Waals surface area contributed by atoms with Gasteiger partial charge in [0.05, 0.1) is 18.2 Å². The van der Waals surface area contributed by atoms with Gasteiger partial charge in [0.25, 0.3) is 0 Å². The van der Waals surface area contributed by atoms with E-state index in [1.165, 1.54) is 10.9 Å². The topological polar surface area (TPSA) is 51.4 Å². The first-order valence-corrected chi connectivity index (χ1v) is 8.72. The van der Waals surface area contributed by atoms with Crippen LogP contribution in [0.2, 0.25) is 0 Å². The normalized spacial score (nSPS) is 11.2. The smallest absolute Gasteiger partial charge is 0.193 e. The number of rotatable bonds is 6. The average molecular weight is 344 g/mol. The van der Waals surface area contributed by atoms with Gasteiger partial charge < -0.3 is 10.2 Å². The van der Waals surface area contributed by atoms with E-state index < -0.39 is 5.82 Å². The zero-order valence-corrected chi connectivity index (χ0v) is 14.7. The summed E-state index contributed by atoms with van der Waals surface area (Å²) in [5.41, 5.74) is 0.802. The quantitative estimate of drug-likeness (QED) is 0.645. The lowest BCUT2D eigenvalue weighted by Gasteiger charge is -2.21. The van der Waals surface area contributed by atoms with Gasteiger partial charge in [0.2, 0.25) is 0 Å². The number of guanidine groups is 1. The first-order chi connectivity index (χ1) is 11.6. The van der Waals surface area contributed by atoms with E-state index >= 15 is 0 Å². The van der Waals surface area contributed by atoms with E-state index in [0.717, 1.165) is 25.5 Å². The lowest BCUT2D eigenvalue weighted by molar-refractivity contribution is 0.486. The number of halogens is 1. The second-order valence-corrected chi connectivity index (χ2v) is 6.37. The van der Waals surface area contributed by atoms with Gasteiger partial charge in [-0.15, -0.1) is 11.3 Å². The second-order valence-electron chi connectivity index (χ2n) is 5.34.